The van der Waals surface area contributed by atoms with E-state index in [0.29, 0.717) is 19.8 Å². The average Bonchev–Trinajstić information content (AvgIpc) is 2.34. The number of hydrogen-bond donors (Lipinski definition) is 2. The molecule has 108 valence electrons. The fourth-order valence-electron chi connectivity index (χ4n) is 1.49. The van der Waals surface area contributed by atoms with Crippen molar-refractivity contribution < 1.29 is 17.5 Å². The molecule has 0 saturated heterocycles. The molecule has 0 aliphatic heterocycles. The van der Waals surface area contributed by atoms with E-state index in [1.165, 1.54) is 6.20 Å². The van der Waals surface area contributed by atoms with Gasteiger partial charge in [-0.25, -0.2) is 17.5 Å². The predicted molar refractivity (Wildman–Crippen MR) is 70.0 cm³/mol. The third kappa shape index (κ3) is 4.41. The van der Waals surface area contributed by atoms with Crippen molar-refractivity contribution in [3.63, 3.8) is 0 Å². The Morgan fingerprint density at radius 3 is 2.74 bits per heavy atom. The molecule has 0 amide bonds. The first-order valence-corrected chi connectivity index (χ1v) is 7.46. The SMILES string of the molecule is CCNS(=O)(=O)c1c(F)cncc1NCCOCC. The van der Waals surface area contributed by atoms with E-state index in [0.717, 1.165) is 6.20 Å². The summed E-state index contributed by atoms with van der Waals surface area (Å²) < 4.78 is 44.9. The third-order valence-corrected chi connectivity index (χ3v) is 3.84. The summed E-state index contributed by atoms with van der Waals surface area (Å²) in [5, 5.41) is 2.81. The summed E-state index contributed by atoms with van der Waals surface area (Å²) >= 11 is 0. The van der Waals surface area contributed by atoms with E-state index in [1.54, 1.807) is 6.92 Å². The highest BCUT2D eigenvalue weighted by atomic mass is 32.2. The van der Waals surface area contributed by atoms with Crippen molar-refractivity contribution in [1.82, 2.24) is 9.71 Å². The van der Waals surface area contributed by atoms with Crippen LogP contribution in [0.5, 0.6) is 0 Å². The molecule has 0 bridgehead atoms. The lowest BCUT2D eigenvalue weighted by Crippen LogP contribution is -2.26. The predicted octanol–water partition coefficient (Wildman–Crippen LogP) is 0.967. The number of rotatable bonds is 8. The average molecular weight is 291 g/mol. The van der Waals surface area contributed by atoms with Crippen LogP contribution in [0.25, 0.3) is 0 Å². The van der Waals surface area contributed by atoms with E-state index in [-0.39, 0.29) is 12.2 Å². The lowest BCUT2D eigenvalue weighted by molar-refractivity contribution is 0.158. The maximum atomic E-state index is 13.7. The number of hydrogen-bond acceptors (Lipinski definition) is 5. The monoisotopic (exact) mass is 291 g/mol. The summed E-state index contributed by atoms with van der Waals surface area (Å²) in [6, 6.07) is 0. The van der Waals surface area contributed by atoms with Crippen molar-refractivity contribution in [2.24, 2.45) is 0 Å². The minimum absolute atomic E-state index is 0.126. The van der Waals surface area contributed by atoms with E-state index in [1.807, 2.05) is 6.92 Å². The van der Waals surface area contributed by atoms with E-state index in [2.05, 4.69) is 15.0 Å². The van der Waals surface area contributed by atoms with Crippen molar-refractivity contribution in [3.8, 4) is 0 Å². The second kappa shape index (κ2) is 7.37. The second-order valence-corrected chi connectivity index (χ2v) is 5.33. The molecule has 0 spiro atoms. The zero-order valence-corrected chi connectivity index (χ0v) is 11.8. The number of halogens is 1. The number of anilines is 1. The van der Waals surface area contributed by atoms with Gasteiger partial charge in [-0.3, -0.25) is 4.98 Å². The lowest BCUT2D eigenvalue weighted by Gasteiger charge is -2.12. The van der Waals surface area contributed by atoms with Gasteiger partial charge in [0.1, 0.15) is 4.90 Å². The van der Waals surface area contributed by atoms with Crippen LogP contribution in [-0.2, 0) is 14.8 Å². The minimum atomic E-state index is -3.88. The first kappa shape index (κ1) is 15.8. The number of sulfonamides is 1. The van der Waals surface area contributed by atoms with Crippen LogP contribution in [0.15, 0.2) is 17.3 Å². The van der Waals surface area contributed by atoms with Crippen LogP contribution >= 0.6 is 0 Å². The second-order valence-electron chi connectivity index (χ2n) is 3.62. The molecule has 1 rings (SSSR count). The van der Waals surface area contributed by atoms with Crippen LogP contribution in [0.1, 0.15) is 13.8 Å². The van der Waals surface area contributed by atoms with Gasteiger partial charge in [-0.1, -0.05) is 6.92 Å². The Kier molecular flexibility index (Phi) is 6.13. The van der Waals surface area contributed by atoms with Crippen LogP contribution in [0.2, 0.25) is 0 Å². The summed E-state index contributed by atoms with van der Waals surface area (Å²) in [4.78, 5) is 3.23. The molecule has 1 aromatic rings. The Bertz CT molecular complexity index is 508. The molecular formula is C11H18FN3O3S. The van der Waals surface area contributed by atoms with Gasteiger partial charge >= 0.3 is 0 Å². The maximum absolute atomic E-state index is 13.7. The molecule has 0 atom stereocenters. The Hall–Kier alpha value is -1.25. The smallest absolute Gasteiger partial charge is 0.245 e. The molecular weight excluding hydrogens is 273 g/mol. The van der Waals surface area contributed by atoms with Gasteiger partial charge in [-0.15, -0.1) is 0 Å². The topological polar surface area (TPSA) is 80.3 Å². The first-order valence-electron chi connectivity index (χ1n) is 5.97. The van der Waals surface area contributed by atoms with Gasteiger partial charge in [-0.05, 0) is 6.92 Å². The summed E-state index contributed by atoms with van der Waals surface area (Å²) in [6.07, 6.45) is 2.15. The molecule has 0 radical (unpaired) electrons. The molecule has 0 aliphatic carbocycles. The van der Waals surface area contributed by atoms with Crippen LogP contribution in [0.4, 0.5) is 10.1 Å². The van der Waals surface area contributed by atoms with Gasteiger partial charge in [0.15, 0.2) is 5.82 Å². The number of nitrogens with zero attached hydrogens (tertiary/aromatic N) is 1. The largest absolute Gasteiger partial charge is 0.380 e. The molecule has 0 aromatic carbocycles. The molecule has 0 fully saturated rings. The van der Waals surface area contributed by atoms with Crippen LogP contribution in [0, 0.1) is 5.82 Å². The number of ether oxygens (including phenoxy) is 1. The number of nitrogens with one attached hydrogen (secondary N) is 2. The molecule has 8 heteroatoms. The van der Waals surface area contributed by atoms with Gasteiger partial charge in [0, 0.05) is 19.7 Å². The normalized spacial score (nSPS) is 11.5. The highest BCUT2D eigenvalue weighted by Crippen LogP contribution is 2.22. The van der Waals surface area contributed by atoms with Crippen LogP contribution < -0.4 is 10.0 Å². The van der Waals surface area contributed by atoms with E-state index in [9.17, 15) is 12.8 Å². The molecule has 0 unspecified atom stereocenters. The minimum Gasteiger partial charge on any atom is -0.380 e. The van der Waals surface area contributed by atoms with Gasteiger partial charge in [-0.2, -0.15) is 0 Å². The van der Waals surface area contributed by atoms with Crippen LogP contribution in [-0.4, -0.2) is 39.7 Å². The van der Waals surface area contributed by atoms with Crippen molar-refractivity contribution in [2.45, 2.75) is 18.7 Å². The fourth-order valence-corrected chi connectivity index (χ4v) is 2.73. The Balaban J connectivity index is 2.96. The Morgan fingerprint density at radius 1 is 1.37 bits per heavy atom. The highest BCUT2D eigenvalue weighted by Gasteiger charge is 2.22. The van der Waals surface area contributed by atoms with Crippen LogP contribution in [0.3, 0.4) is 0 Å². The molecule has 0 saturated carbocycles. The quantitative estimate of drug-likeness (QED) is 0.698. The van der Waals surface area contributed by atoms with Crippen molar-refractivity contribution in [2.75, 3.05) is 31.6 Å². The van der Waals surface area contributed by atoms with E-state index in [4.69, 9.17) is 4.74 Å². The Labute approximate surface area is 112 Å². The Morgan fingerprint density at radius 2 is 2.11 bits per heavy atom. The standard InChI is InChI=1S/C11H18FN3O3S/c1-3-15-19(16,17)11-9(12)7-13-8-10(11)14-5-6-18-4-2/h7-8,14-15H,3-6H2,1-2H3. The van der Waals surface area contributed by atoms with E-state index >= 15 is 0 Å². The van der Waals surface area contributed by atoms with Gasteiger partial charge in [0.05, 0.1) is 24.7 Å². The lowest BCUT2D eigenvalue weighted by atomic mass is 10.4. The molecule has 0 aliphatic rings. The van der Waals surface area contributed by atoms with Crippen molar-refractivity contribution in [3.05, 3.63) is 18.2 Å². The zero-order chi connectivity index (χ0) is 14.3. The third-order valence-electron chi connectivity index (χ3n) is 2.22. The first-order chi connectivity index (χ1) is 9.03. The molecule has 2 N–H and O–H groups in total. The number of aromatic nitrogens is 1. The van der Waals surface area contributed by atoms with Crippen molar-refractivity contribution >= 4 is 15.7 Å². The molecule has 1 heterocycles. The molecule has 6 nitrogen and oxygen atoms in total. The van der Waals surface area contributed by atoms with Gasteiger partial charge in [0.25, 0.3) is 0 Å². The summed E-state index contributed by atoms with van der Waals surface area (Å²) in [5.41, 5.74) is 0.126. The maximum Gasteiger partial charge on any atom is 0.245 e. The van der Waals surface area contributed by atoms with Gasteiger partial charge in [0.2, 0.25) is 10.0 Å². The van der Waals surface area contributed by atoms with Crippen molar-refractivity contribution in [1.29, 1.82) is 0 Å². The molecule has 19 heavy (non-hydrogen) atoms. The summed E-state index contributed by atoms with van der Waals surface area (Å²) in [7, 11) is -3.88. The summed E-state index contributed by atoms with van der Waals surface area (Å²) in [6.45, 7) is 4.99. The fraction of sp³-hybridized carbons (Fsp3) is 0.545. The zero-order valence-electron chi connectivity index (χ0n) is 10.9. The number of pyridine rings is 1. The van der Waals surface area contributed by atoms with Gasteiger partial charge < -0.3 is 10.1 Å². The highest BCUT2D eigenvalue weighted by molar-refractivity contribution is 7.89. The molecule has 1 aromatic heterocycles. The van der Waals surface area contributed by atoms with E-state index < -0.39 is 20.7 Å². The summed E-state index contributed by atoms with van der Waals surface area (Å²) in [5.74, 6) is -0.887.